The summed E-state index contributed by atoms with van der Waals surface area (Å²) in [6.45, 7) is 5.28. The van der Waals surface area contributed by atoms with Gasteiger partial charge in [-0.15, -0.1) is 11.3 Å². The lowest BCUT2D eigenvalue weighted by Crippen LogP contribution is -2.48. The summed E-state index contributed by atoms with van der Waals surface area (Å²) < 4.78 is 0. The number of anilines is 1. The van der Waals surface area contributed by atoms with Gasteiger partial charge in [0.25, 0.3) is 0 Å². The fourth-order valence-corrected chi connectivity index (χ4v) is 3.86. The van der Waals surface area contributed by atoms with E-state index in [0.717, 1.165) is 44.0 Å². The van der Waals surface area contributed by atoms with Crippen LogP contribution in [-0.2, 0) is 0 Å². The zero-order chi connectivity index (χ0) is 18.2. The van der Waals surface area contributed by atoms with Gasteiger partial charge in [0.1, 0.15) is 0 Å². The Morgan fingerprint density at radius 2 is 2.12 bits per heavy atom. The van der Waals surface area contributed by atoms with Gasteiger partial charge in [0, 0.05) is 38.1 Å². The largest absolute Gasteiger partial charge is 0.386 e. The fraction of sp³-hybridized carbons (Fsp3) is 0.474. The van der Waals surface area contributed by atoms with Gasteiger partial charge in [0.05, 0.1) is 17.6 Å². The van der Waals surface area contributed by atoms with E-state index in [4.69, 9.17) is 0 Å². The number of piperidine rings is 1. The van der Waals surface area contributed by atoms with Gasteiger partial charge in [-0.3, -0.25) is 9.98 Å². The molecule has 0 saturated carbocycles. The average molecular weight is 374 g/mol. The van der Waals surface area contributed by atoms with Crippen molar-refractivity contribution in [3.8, 4) is 0 Å². The van der Waals surface area contributed by atoms with E-state index in [9.17, 15) is 5.11 Å². The first kappa shape index (κ1) is 18.7. The van der Waals surface area contributed by atoms with Crippen LogP contribution in [-0.4, -0.2) is 48.3 Å². The van der Waals surface area contributed by atoms with Crippen LogP contribution in [0.25, 0.3) is 0 Å². The molecule has 0 aromatic carbocycles. The molecule has 1 unspecified atom stereocenters. The van der Waals surface area contributed by atoms with Crippen molar-refractivity contribution >= 4 is 22.3 Å². The van der Waals surface area contributed by atoms with Crippen LogP contribution < -0.4 is 15.5 Å². The monoisotopic (exact) mass is 373 g/mol. The molecule has 140 valence electrons. The SMILES string of the molecule is CCNC(=NCC(O)c1ccncc1)NC1CCN(c2cccs2)CC1. The first-order chi connectivity index (χ1) is 12.8. The van der Waals surface area contributed by atoms with Crippen molar-refractivity contribution in [1.29, 1.82) is 0 Å². The van der Waals surface area contributed by atoms with Gasteiger partial charge in [0.2, 0.25) is 0 Å². The van der Waals surface area contributed by atoms with Crippen molar-refractivity contribution in [2.45, 2.75) is 31.9 Å². The molecule has 1 atom stereocenters. The summed E-state index contributed by atoms with van der Waals surface area (Å²) >= 11 is 1.80. The zero-order valence-corrected chi connectivity index (χ0v) is 16.0. The standard InChI is InChI=1S/C19H27N5OS/c1-2-21-19(22-14-17(25)15-5-9-20-10-6-15)23-16-7-11-24(12-8-16)18-4-3-13-26-18/h3-6,9-10,13,16-17,25H,2,7-8,11-12,14H2,1H3,(H2,21,22,23). The Hall–Kier alpha value is -2.12. The molecule has 3 rings (SSSR count). The van der Waals surface area contributed by atoms with E-state index in [1.165, 1.54) is 5.00 Å². The third-order valence-electron chi connectivity index (χ3n) is 4.51. The third kappa shape index (κ3) is 5.19. The lowest BCUT2D eigenvalue weighted by Gasteiger charge is -2.33. The zero-order valence-electron chi connectivity index (χ0n) is 15.1. The van der Waals surface area contributed by atoms with Crippen molar-refractivity contribution < 1.29 is 5.11 Å². The Labute approximate surface area is 159 Å². The maximum Gasteiger partial charge on any atom is 0.191 e. The highest BCUT2D eigenvalue weighted by Crippen LogP contribution is 2.24. The van der Waals surface area contributed by atoms with Crippen LogP contribution in [0.3, 0.4) is 0 Å². The average Bonchev–Trinajstić information content (AvgIpc) is 3.22. The summed E-state index contributed by atoms with van der Waals surface area (Å²) in [6.07, 6.45) is 4.92. The van der Waals surface area contributed by atoms with E-state index < -0.39 is 6.10 Å². The van der Waals surface area contributed by atoms with Gasteiger partial charge < -0.3 is 20.6 Å². The number of pyridine rings is 1. The van der Waals surface area contributed by atoms with E-state index in [0.29, 0.717) is 12.6 Å². The highest BCUT2D eigenvalue weighted by Gasteiger charge is 2.20. The topological polar surface area (TPSA) is 72.8 Å². The normalized spacial score (nSPS) is 17.2. The van der Waals surface area contributed by atoms with Crippen molar-refractivity contribution in [2.75, 3.05) is 31.1 Å². The molecule has 26 heavy (non-hydrogen) atoms. The number of aliphatic hydroxyl groups excluding tert-OH is 1. The summed E-state index contributed by atoms with van der Waals surface area (Å²) in [6, 6.07) is 8.34. The molecule has 2 aromatic heterocycles. The molecule has 1 aliphatic rings. The summed E-state index contributed by atoms with van der Waals surface area (Å²) in [5.41, 5.74) is 0.837. The van der Waals surface area contributed by atoms with Crippen LogP contribution in [0.5, 0.6) is 0 Å². The molecule has 2 aromatic rings. The van der Waals surface area contributed by atoms with Gasteiger partial charge in [-0.25, -0.2) is 0 Å². The number of hydrogen-bond donors (Lipinski definition) is 3. The molecule has 0 radical (unpaired) electrons. The number of aliphatic imine (C=N–C) groups is 1. The summed E-state index contributed by atoms with van der Waals surface area (Å²) in [7, 11) is 0. The molecule has 7 heteroatoms. The quantitative estimate of drug-likeness (QED) is 0.536. The molecule has 6 nitrogen and oxygen atoms in total. The number of nitrogens with zero attached hydrogens (tertiary/aromatic N) is 3. The van der Waals surface area contributed by atoms with E-state index >= 15 is 0 Å². The van der Waals surface area contributed by atoms with Crippen molar-refractivity contribution in [1.82, 2.24) is 15.6 Å². The third-order valence-corrected chi connectivity index (χ3v) is 5.44. The second kappa shape index (κ2) is 9.54. The number of thiophene rings is 1. The molecule has 0 aliphatic carbocycles. The van der Waals surface area contributed by atoms with E-state index in [2.05, 4.69) is 49.9 Å². The minimum absolute atomic E-state index is 0.327. The van der Waals surface area contributed by atoms with E-state index in [1.54, 1.807) is 23.7 Å². The van der Waals surface area contributed by atoms with Crippen molar-refractivity contribution in [3.05, 3.63) is 47.6 Å². The van der Waals surface area contributed by atoms with Gasteiger partial charge in [0.15, 0.2) is 5.96 Å². The van der Waals surface area contributed by atoms with Gasteiger partial charge in [-0.05, 0) is 55.0 Å². The molecule has 1 aliphatic heterocycles. The lowest BCUT2D eigenvalue weighted by atomic mass is 10.1. The highest BCUT2D eigenvalue weighted by molar-refractivity contribution is 7.14. The number of aliphatic hydroxyl groups is 1. The predicted octanol–water partition coefficient (Wildman–Crippen LogP) is 2.40. The Balaban J connectivity index is 1.52. The minimum Gasteiger partial charge on any atom is -0.386 e. The molecule has 0 amide bonds. The molecule has 0 spiro atoms. The smallest absolute Gasteiger partial charge is 0.191 e. The van der Waals surface area contributed by atoms with Gasteiger partial charge in [-0.1, -0.05) is 0 Å². The second-order valence-corrected chi connectivity index (χ2v) is 7.30. The van der Waals surface area contributed by atoms with Crippen LogP contribution >= 0.6 is 11.3 Å². The fourth-order valence-electron chi connectivity index (χ4n) is 3.08. The Morgan fingerprint density at radius 3 is 2.77 bits per heavy atom. The van der Waals surface area contributed by atoms with Crippen molar-refractivity contribution in [2.24, 2.45) is 4.99 Å². The summed E-state index contributed by atoms with van der Waals surface area (Å²) in [5, 5.41) is 20.6. The molecular formula is C19H27N5OS. The van der Waals surface area contributed by atoms with Gasteiger partial charge >= 0.3 is 0 Å². The number of aromatic nitrogens is 1. The number of guanidine groups is 1. The van der Waals surface area contributed by atoms with E-state index in [1.807, 2.05) is 12.1 Å². The van der Waals surface area contributed by atoms with Crippen molar-refractivity contribution in [3.63, 3.8) is 0 Å². The first-order valence-corrected chi connectivity index (χ1v) is 10.1. The maximum absolute atomic E-state index is 10.3. The maximum atomic E-state index is 10.3. The predicted molar refractivity (Wildman–Crippen MR) is 108 cm³/mol. The molecule has 1 fully saturated rings. The second-order valence-electron chi connectivity index (χ2n) is 6.37. The summed E-state index contributed by atoms with van der Waals surface area (Å²) in [4.78, 5) is 11.0. The van der Waals surface area contributed by atoms with Crippen LogP contribution in [0.15, 0.2) is 47.0 Å². The number of rotatable bonds is 6. The summed E-state index contributed by atoms with van der Waals surface area (Å²) in [5.74, 6) is 0.773. The van der Waals surface area contributed by atoms with Crippen LogP contribution in [0.4, 0.5) is 5.00 Å². The molecule has 0 bridgehead atoms. The molecule has 3 N–H and O–H groups in total. The Morgan fingerprint density at radius 1 is 1.35 bits per heavy atom. The Bertz CT molecular complexity index is 669. The highest BCUT2D eigenvalue weighted by atomic mass is 32.1. The molecule has 3 heterocycles. The lowest BCUT2D eigenvalue weighted by molar-refractivity contribution is 0.187. The van der Waals surface area contributed by atoms with Gasteiger partial charge in [-0.2, -0.15) is 0 Å². The van der Waals surface area contributed by atoms with Crippen LogP contribution in [0.1, 0.15) is 31.4 Å². The number of hydrogen-bond acceptors (Lipinski definition) is 5. The Kier molecular flexibility index (Phi) is 6.85. The molecule has 1 saturated heterocycles. The van der Waals surface area contributed by atoms with E-state index in [-0.39, 0.29) is 0 Å². The number of nitrogens with one attached hydrogen (secondary N) is 2. The first-order valence-electron chi connectivity index (χ1n) is 9.17. The van der Waals surface area contributed by atoms with Crippen LogP contribution in [0, 0.1) is 0 Å². The minimum atomic E-state index is -0.617. The van der Waals surface area contributed by atoms with Crippen LogP contribution in [0.2, 0.25) is 0 Å². The molecular weight excluding hydrogens is 346 g/mol.